The molecule has 0 saturated heterocycles. The summed E-state index contributed by atoms with van der Waals surface area (Å²) in [7, 11) is 0. The number of anilines is 2. The fourth-order valence-corrected chi connectivity index (χ4v) is 1.40. The van der Waals surface area contributed by atoms with Gasteiger partial charge in [-0.25, -0.2) is 0 Å². The van der Waals surface area contributed by atoms with Crippen LogP contribution in [0.1, 0.15) is 12.5 Å². The Balaban J connectivity index is 0.000000184. The zero-order valence-corrected chi connectivity index (χ0v) is 10.9. The molecule has 96 valence electrons. The van der Waals surface area contributed by atoms with Crippen LogP contribution in [-0.2, 0) is 0 Å². The Kier molecular flexibility index (Phi) is 5.58. The molecular weight excluding hydrogens is 224 g/mol. The minimum absolute atomic E-state index is 0.698. The summed E-state index contributed by atoms with van der Waals surface area (Å²) in [5.74, 6) is 0.872. The topological polar surface area (TPSA) is 61.3 Å². The Morgan fingerprint density at radius 2 is 1.61 bits per heavy atom. The van der Waals surface area contributed by atoms with E-state index in [1.807, 2.05) is 62.4 Å². The molecule has 2 aromatic carbocycles. The number of nitrogen functional groups attached to an aromatic ring is 2. The van der Waals surface area contributed by atoms with Crippen LogP contribution in [0.5, 0.6) is 5.75 Å². The van der Waals surface area contributed by atoms with E-state index in [9.17, 15) is 0 Å². The summed E-state index contributed by atoms with van der Waals surface area (Å²) in [5.41, 5.74) is 13.7. The predicted molar refractivity (Wildman–Crippen MR) is 77.6 cm³/mol. The molecule has 0 bridgehead atoms. The standard InChI is InChI=1S/C8H11NO.C7H9N/c1-2-10-8-5-3-7(9)4-6-8;1-6-3-2-4-7(8)5-6/h3-6H,2,9H2,1H3;2-5H,8H2,1H3. The molecule has 2 rings (SSSR count). The lowest BCUT2D eigenvalue weighted by Gasteiger charge is -2.01. The van der Waals surface area contributed by atoms with E-state index in [1.165, 1.54) is 5.56 Å². The lowest BCUT2D eigenvalue weighted by atomic mass is 10.2. The van der Waals surface area contributed by atoms with Crippen molar-refractivity contribution in [2.75, 3.05) is 18.1 Å². The Labute approximate surface area is 108 Å². The van der Waals surface area contributed by atoms with Gasteiger partial charge in [-0.15, -0.1) is 0 Å². The zero-order valence-electron chi connectivity index (χ0n) is 10.9. The first kappa shape index (κ1) is 13.9. The third-order valence-corrected chi connectivity index (χ3v) is 2.23. The molecule has 0 aliphatic heterocycles. The number of hydrogen-bond acceptors (Lipinski definition) is 3. The molecule has 2 aromatic rings. The van der Waals surface area contributed by atoms with E-state index in [2.05, 4.69) is 0 Å². The van der Waals surface area contributed by atoms with Crippen LogP contribution in [0, 0.1) is 6.92 Å². The van der Waals surface area contributed by atoms with E-state index >= 15 is 0 Å². The van der Waals surface area contributed by atoms with Gasteiger partial charge in [-0.3, -0.25) is 0 Å². The van der Waals surface area contributed by atoms with E-state index in [0.717, 1.165) is 17.1 Å². The van der Waals surface area contributed by atoms with Crippen LogP contribution in [0.2, 0.25) is 0 Å². The average molecular weight is 244 g/mol. The van der Waals surface area contributed by atoms with Gasteiger partial charge in [0.25, 0.3) is 0 Å². The second-order valence-electron chi connectivity index (χ2n) is 3.92. The van der Waals surface area contributed by atoms with Gasteiger partial charge in [0.2, 0.25) is 0 Å². The van der Waals surface area contributed by atoms with Gasteiger partial charge in [-0.1, -0.05) is 12.1 Å². The Bertz CT molecular complexity index is 449. The normalized spacial score (nSPS) is 9.22. The van der Waals surface area contributed by atoms with Gasteiger partial charge in [-0.05, 0) is 55.8 Å². The third kappa shape index (κ3) is 5.25. The van der Waals surface area contributed by atoms with Crippen molar-refractivity contribution in [1.29, 1.82) is 0 Å². The largest absolute Gasteiger partial charge is 0.494 e. The highest BCUT2D eigenvalue weighted by molar-refractivity contribution is 5.41. The van der Waals surface area contributed by atoms with Gasteiger partial charge >= 0.3 is 0 Å². The van der Waals surface area contributed by atoms with Crippen molar-refractivity contribution in [1.82, 2.24) is 0 Å². The van der Waals surface area contributed by atoms with Crippen LogP contribution in [0.3, 0.4) is 0 Å². The lowest BCUT2D eigenvalue weighted by molar-refractivity contribution is 0.340. The van der Waals surface area contributed by atoms with Crippen molar-refractivity contribution in [3.8, 4) is 5.75 Å². The van der Waals surface area contributed by atoms with Gasteiger partial charge in [0.1, 0.15) is 5.75 Å². The van der Waals surface area contributed by atoms with Crippen LogP contribution < -0.4 is 16.2 Å². The van der Waals surface area contributed by atoms with Crippen molar-refractivity contribution in [3.05, 3.63) is 54.1 Å². The van der Waals surface area contributed by atoms with Gasteiger partial charge in [-0.2, -0.15) is 0 Å². The quantitative estimate of drug-likeness (QED) is 0.797. The monoisotopic (exact) mass is 244 g/mol. The van der Waals surface area contributed by atoms with Crippen LogP contribution in [0.15, 0.2) is 48.5 Å². The molecule has 0 amide bonds. The van der Waals surface area contributed by atoms with Gasteiger partial charge in [0.05, 0.1) is 6.61 Å². The van der Waals surface area contributed by atoms with Gasteiger partial charge in [0, 0.05) is 11.4 Å². The maximum Gasteiger partial charge on any atom is 0.119 e. The average Bonchev–Trinajstić information content (AvgIpc) is 2.33. The van der Waals surface area contributed by atoms with Crippen LogP contribution in [0.4, 0.5) is 11.4 Å². The zero-order chi connectivity index (χ0) is 13.4. The molecule has 0 fully saturated rings. The Morgan fingerprint density at radius 1 is 0.944 bits per heavy atom. The first-order valence-corrected chi connectivity index (χ1v) is 5.92. The molecular formula is C15H20N2O. The highest BCUT2D eigenvalue weighted by atomic mass is 16.5. The van der Waals surface area contributed by atoms with E-state index in [1.54, 1.807) is 0 Å². The minimum Gasteiger partial charge on any atom is -0.494 e. The maximum atomic E-state index is 5.47. The molecule has 0 unspecified atom stereocenters. The molecule has 3 nitrogen and oxygen atoms in total. The molecule has 3 heteroatoms. The summed E-state index contributed by atoms with van der Waals surface area (Å²) in [6.45, 7) is 4.68. The number of nitrogens with two attached hydrogens (primary N) is 2. The highest BCUT2D eigenvalue weighted by Gasteiger charge is 1.88. The second-order valence-corrected chi connectivity index (χ2v) is 3.92. The maximum absolute atomic E-state index is 5.47. The van der Waals surface area contributed by atoms with Crippen molar-refractivity contribution >= 4 is 11.4 Å². The third-order valence-electron chi connectivity index (χ3n) is 2.23. The Morgan fingerprint density at radius 3 is 2.06 bits per heavy atom. The molecule has 0 aliphatic carbocycles. The minimum atomic E-state index is 0.698. The van der Waals surface area contributed by atoms with Crippen molar-refractivity contribution in [3.63, 3.8) is 0 Å². The Hall–Kier alpha value is -2.16. The summed E-state index contributed by atoms with van der Waals surface area (Å²) < 4.78 is 5.21. The number of hydrogen-bond donors (Lipinski definition) is 2. The number of ether oxygens (including phenoxy) is 1. The molecule has 0 aromatic heterocycles. The summed E-state index contributed by atoms with van der Waals surface area (Å²) in [6, 6.07) is 15.2. The molecule has 18 heavy (non-hydrogen) atoms. The number of rotatable bonds is 2. The van der Waals surface area contributed by atoms with Crippen LogP contribution in [-0.4, -0.2) is 6.61 Å². The number of aryl methyl sites for hydroxylation is 1. The fraction of sp³-hybridized carbons (Fsp3) is 0.200. The van der Waals surface area contributed by atoms with E-state index in [0.29, 0.717) is 6.61 Å². The van der Waals surface area contributed by atoms with E-state index in [-0.39, 0.29) is 0 Å². The lowest BCUT2D eigenvalue weighted by Crippen LogP contribution is -1.91. The first-order chi connectivity index (χ1) is 8.61. The summed E-state index contributed by atoms with van der Waals surface area (Å²) >= 11 is 0. The number of benzene rings is 2. The molecule has 0 aliphatic rings. The van der Waals surface area contributed by atoms with Gasteiger partial charge < -0.3 is 16.2 Å². The van der Waals surface area contributed by atoms with Crippen molar-refractivity contribution in [2.24, 2.45) is 0 Å². The van der Waals surface area contributed by atoms with E-state index in [4.69, 9.17) is 16.2 Å². The SMILES string of the molecule is CCOc1ccc(N)cc1.Cc1cccc(N)c1. The van der Waals surface area contributed by atoms with Crippen LogP contribution in [0.25, 0.3) is 0 Å². The van der Waals surface area contributed by atoms with Gasteiger partial charge in [0.15, 0.2) is 0 Å². The summed E-state index contributed by atoms with van der Waals surface area (Å²) in [4.78, 5) is 0. The molecule has 0 atom stereocenters. The van der Waals surface area contributed by atoms with Crippen LogP contribution >= 0.6 is 0 Å². The molecule has 0 saturated carbocycles. The fourth-order valence-electron chi connectivity index (χ4n) is 1.40. The smallest absolute Gasteiger partial charge is 0.119 e. The summed E-state index contributed by atoms with van der Waals surface area (Å²) in [5, 5.41) is 0. The first-order valence-electron chi connectivity index (χ1n) is 5.92. The summed E-state index contributed by atoms with van der Waals surface area (Å²) in [6.07, 6.45) is 0. The predicted octanol–water partition coefficient (Wildman–Crippen LogP) is 3.24. The molecule has 0 heterocycles. The van der Waals surface area contributed by atoms with Crippen molar-refractivity contribution in [2.45, 2.75) is 13.8 Å². The molecule has 4 N–H and O–H groups in total. The van der Waals surface area contributed by atoms with Crippen molar-refractivity contribution < 1.29 is 4.74 Å². The van der Waals surface area contributed by atoms with E-state index < -0.39 is 0 Å². The second kappa shape index (κ2) is 7.22. The molecule has 0 radical (unpaired) electrons. The molecule has 0 spiro atoms. The highest BCUT2D eigenvalue weighted by Crippen LogP contribution is 2.12.